The number of anilines is 1. The second kappa shape index (κ2) is 7.17. The van der Waals surface area contributed by atoms with Crippen LogP contribution in [0.25, 0.3) is 10.9 Å². The molecule has 27 heavy (non-hydrogen) atoms. The van der Waals surface area contributed by atoms with Crippen LogP contribution in [0.2, 0.25) is 0 Å². The van der Waals surface area contributed by atoms with Crippen LogP contribution >= 0.6 is 0 Å². The van der Waals surface area contributed by atoms with Crippen LogP contribution in [-0.2, 0) is 16.6 Å². The summed E-state index contributed by atoms with van der Waals surface area (Å²) >= 11 is 0. The number of nitrogens with zero attached hydrogens (tertiary/aromatic N) is 2. The van der Waals surface area contributed by atoms with Crippen molar-refractivity contribution in [2.75, 3.05) is 11.0 Å². The zero-order chi connectivity index (χ0) is 19.6. The molecule has 10 heteroatoms. The fourth-order valence-electron chi connectivity index (χ4n) is 2.62. The Morgan fingerprint density at radius 3 is 2.70 bits per heavy atom. The van der Waals surface area contributed by atoms with Crippen molar-refractivity contribution in [1.29, 1.82) is 0 Å². The molecule has 0 spiro atoms. The van der Waals surface area contributed by atoms with E-state index in [1.54, 1.807) is 24.3 Å². The lowest BCUT2D eigenvalue weighted by atomic mass is 10.1. The van der Waals surface area contributed by atoms with Gasteiger partial charge in [0.25, 0.3) is 11.5 Å². The number of hydrogen-bond acceptors (Lipinski definition) is 6. The molecule has 3 rings (SSSR count). The highest BCUT2D eigenvalue weighted by atomic mass is 32.2. The Kier molecular flexibility index (Phi) is 4.93. The first-order valence-corrected chi connectivity index (χ1v) is 9.66. The highest BCUT2D eigenvalue weighted by molar-refractivity contribution is 7.92. The smallest absolute Gasteiger partial charge is 0.274 e. The van der Waals surface area contributed by atoms with Crippen molar-refractivity contribution >= 4 is 32.5 Å². The van der Waals surface area contributed by atoms with E-state index in [-0.39, 0.29) is 23.1 Å². The first-order chi connectivity index (χ1) is 12.8. The summed E-state index contributed by atoms with van der Waals surface area (Å²) in [6.07, 6.45) is 2.44. The van der Waals surface area contributed by atoms with Gasteiger partial charge in [-0.05, 0) is 35.9 Å². The van der Waals surface area contributed by atoms with Gasteiger partial charge >= 0.3 is 0 Å². The average Bonchev–Trinajstić information content (AvgIpc) is 2.62. The third kappa shape index (κ3) is 4.30. The molecule has 2 aromatic carbocycles. The molecule has 0 fully saturated rings. The van der Waals surface area contributed by atoms with Gasteiger partial charge < -0.3 is 0 Å². The van der Waals surface area contributed by atoms with Gasteiger partial charge in [-0.15, -0.1) is 0 Å². The molecule has 0 radical (unpaired) electrons. The number of hydroxylamine groups is 1. The highest BCUT2D eigenvalue weighted by Crippen LogP contribution is 2.14. The molecular formula is C17H16N4O5S. The fourth-order valence-corrected chi connectivity index (χ4v) is 3.18. The predicted molar refractivity (Wildman–Crippen MR) is 99.3 cm³/mol. The van der Waals surface area contributed by atoms with Gasteiger partial charge in [0.1, 0.15) is 0 Å². The average molecular weight is 388 g/mol. The van der Waals surface area contributed by atoms with Crippen LogP contribution < -0.4 is 15.8 Å². The lowest BCUT2D eigenvalue weighted by molar-refractivity contribution is 0.0706. The molecule has 3 aromatic rings. The Balaban J connectivity index is 1.98. The molecule has 0 unspecified atom stereocenters. The second-order valence-electron chi connectivity index (χ2n) is 5.93. The maximum Gasteiger partial charge on any atom is 0.274 e. The van der Waals surface area contributed by atoms with Crippen molar-refractivity contribution in [2.45, 2.75) is 6.54 Å². The molecule has 0 atom stereocenters. The minimum atomic E-state index is -3.41. The number of benzene rings is 2. The van der Waals surface area contributed by atoms with Crippen molar-refractivity contribution in [3.05, 3.63) is 70.3 Å². The Bertz CT molecular complexity index is 1190. The normalized spacial score (nSPS) is 11.3. The number of fused-ring (bicyclic) bond motifs is 1. The summed E-state index contributed by atoms with van der Waals surface area (Å²) in [6.45, 7) is 0.164. The van der Waals surface area contributed by atoms with Crippen molar-refractivity contribution in [2.24, 2.45) is 0 Å². The molecule has 3 N–H and O–H groups in total. The van der Waals surface area contributed by atoms with E-state index in [4.69, 9.17) is 5.21 Å². The van der Waals surface area contributed by atoms with Crippen LogP contribution in [0.1, 0.15) is 15.9 Å². The summed E-state index contributed by atoms with van der Waals surface area (Å²) in [7, 11) is -3.41. The SMILES string of the molecule is CS(=O)(=O)Nc1cccc(Cn2cnc3ccc(C(=O)NO)cc3c2=O)c1. The quantitative estimate of drug-likeness (QED) is 0.440. The maximum atomic E-state index is 12.7. The van der Waals surface area contributed by atoms with E-state index >= 15 is 0 Å². The van der Waals surface area contributed by atoms with Crippen LogP contribution in [-0.4, -0.2) is 35.3 Å². The minimum Gasteiger partial charge on any atom is -0.294 e. The number of rotatable bonds is 5. The van der Waals surface area contributed by atoms with E-state index in [1.807, 2.05) is 0 Å². The standard InChI is InChI=1S/C17H16N4O5S/c1-27(25,26)20-13-4-2-3-11(7-13)9-21-10-18-15-6-5-12(16(22)19-24)8-14(15)17(21)23/h2-8,10,20,24H,9H2,1H3,(H,19,22). The number of sulfonamides is 1. The Hall–Kier alpha value is -3.24. The molecule has 0 saturated heterocycles. The van der Waals surface area contributed by atoms with Gasteiger partial charge in [0.05, 0.1) is 30.0 Å². The van der Waals surface area contributed by atoms with Crippen LogP contribution in [0.5, 0.6) is 0 Å². The summed E-state index contributed by atoms with van der Waals surface area (Å²) in [5, 5.41) is 8.96. The van der Waals surface area contributed by atoms with E-state index in [1.165, 1.54) is 34.6 Å². The zero-order valence-corrected chi connectivity index (χ0v) is 15.0. The molecular weight excluding hydrogens is 372 g/mol. The van der Waals surface area contributed by atoms with Gasteiger partial charge in [-0.1, -0.05) is 12.1 Å². The van der Waals surface area contributed by atoms with Gasteiger partial charge in [0.15, 0.2) is 0 Å². The Morgan fingerprint density at radius 1 is 1.22 bits per heavy atom. The molecule has 0 aliphatic rings. The van der Waals surface area contributed by atoms with E-state index in [2.05, 4.69) is 9.71 Å². The van der Waals surface area contributed by atoms with Crippen LogP contribution in [0, 0.1) is 0 Å². The molecule has 9 nitrogen and oxygen atoms in total. The number of aromatic nitrogens is 2. The molecule has 0 bridgehead atoms. The van der Waals surface area contributed by atoms with Crippen LogP contribution in [0.4, 0.5) is 5.69 Å². The molecule has 1 amide bonds. The maximum absolute atomic E-state index is 12.7. The molecule has 0 saturated carbocycles. The lowest BCUT2D eigenvalue weighted by Gasteiger charge is -2.09. The summed E-state index contributed by atoms with van der Waals surface area (Å²) in [4.78, 5) is 28.5. The van der Waals surface area contributed by atoms with Gasteiger partial charge in [-0.25, -0.2) is 18.9 Å². The van der Waals surface area contributed by atoms with Crippen molar-refractivity contribution in [3.63, 3.8) is 0 Å². The third-order valence-electron chi connectivity index (χ3n) is 3.77. The summed E-state index contributed by atoms with van der Waals surface area (Å²) in [6, 6.07) is 11.0. The summed E-state index contributed by atoms with van der Waals surface area (Å²) in [5.41, 5.74) is 2.77. The van der Waals surface area contributed by atoms with Gasteiger partial charge in [0.2, 0.25) is 10.0 Å². The van der Waals surface area contributed by atoms with Gasteiger partial charge in [-0.2, -0.15) is 0 Å². The lowest BCUT2D eigenvalue weighted by Crippen LogP contribution is -2.23. The Morgan fingerprint density at radius 2 is 2.00 bits per heavy atom. The largest absolute Gasteiger partial charge is 0.294 e. The van der Waals surface area contributed by atoms with E-state index in [9.17, 15) is 18.0 Å². The van der Waals surface area contributed by atoms with E-state index in [0.717, 1.165) is 6.26 Å². The molecule has 140 valence electrons. The monoisotopic (exact) mass is 388 g/mol. The van der Waals surface area contributed by atoms with E-state index in [0.29, 0.717) is 16.8 Å². The van der Waals surface area contributed by atoms with Gasteiger partial charge in [0, 0.05) is 11.3 Å². The molecule has 0 aliphatic carbocycles. The zero-order valence-electron chi connectivity index (χ0n) is 14.2. The Labute approximate surface area is 154 Å². The van der Waals surface area contributed by atoms with Crippen molar-refractivity contribution in [1.82, 2.24) is 15.0 Å². The van der Waals surface area contributed by atoms with Crippen molar-refractivity contribution < 1.29 is 18.4 Å². The molecule has 1 aromatic heterocycles. The molecule has 1 heterocycles. The number of hydrogen-bond donors (Lipinski definition) is 3. The number of amides is 1. The summed E-state index contributed by atoms with van der Waals surface area (Å²) < 4.78 is 26.4. The van der Waals surface area contributed by atoms with Crippen LogP contribution in [0.3, 0.4) is 0 Å². The first-order valence-electron chi connectivity index (χ1n) is 7.77. The third-order valence-corrected chi connectivity index (χ3v) is 4.38. The number of nitrogens with one attached hydrogen (secondary N) is 2. The minimum absolute atomic E-state index is 0.126. The first kappa shape index (κ1) is 18.5. The number of carbonyl (C=O) groups excluding carboxylic acids is 1. The fraction of sp³-hybridized carbons (Fsp3) is 0.118. The summed E-state index contributed by atoms with van der Waals surface area (Å²) in [5.74, 6) is -0.730. The molecule has 0 aliphatic heterocycles. The topological polar surface area (TPSA) is 130 Å². The van der Waals surface area contributed by atoms with E-state index < -0.39 is 15.9 Å². The van der Waals surface area contributed by atoms with Crippen molar-refractivity contribution in [3.8, 4) is 0 Å². The number of carbonyl (C=O) groups is 1. The van der Waals surface area contributed by atoms with Gasteiger partial charge in [-0.3, -0.25) is 24.1 Å². The highest BCUT2D eigenvalue weighted by Gasteiger charge is 2.10. The van der Waals surface area contributed by atoms with Crippen LogP contribution in [0.15, 0.2) is 53.6 Å². The predicted octanol–water partition coefficient (Wildman–Crippen LogP) is 0.935. The second-order valence-corrected chi connectivity index (χ2v) is 7.67.